The van der Waals surface area contributed by atoms with E-state index in [1.54, 1.807) is 0 Å². The number of nitrogens with one attached hydrogen (secondary N) is 1. The summed E-state index contributed by atoms with van der Waals surface area (Å²) in [6, 6.07) is 5.97. The predicted octanol–water partition coefficient (Wildman–Crippen LogP) is 3.77. The Bertz CT molecular complexity index is 716. The largest absolute Gasteiger partial charge is 0.484 e. The molecule has 0 radical (unpaired) electrons. The summed E-state index contributed by atoms with van der Waals surface area (Å²) in [5.41, 5.74) is 3.57. The van der Waals surface area contributed by atoms with Crippen molar-refractivity contribution >= 4 is 17.2 Å². The Balaban J connectivity index is 1.36. The molecular weight excluding hydrogens is 332 g/mol. The van der Waals surface area contributed by atoms with Gasteiger partial charge in [-0.2, -0.15) is 0 Å². The predicted molar refractivity (Wildman–Crippen MR) is 101 cm³/mol. The lowest BCUT2D eigenvalue weighted by atomic mass is 10.0. The molecule has 0 unspecified atom stereocenters. The van der Waals surface area contributed by atoms with Gasteiger partial charge in [-0.3, -0.25) is 4.79 Å². The van der Waals surface area contributed by atoms with Crippen LogP contribution < -0.4 is 10.1 Å². The van der Waals surface area contributed by atoms with Crippen molar-refractivity contribution in [1.29, 1.82) is 0 Å². The van der Waals surface area contributed by atoms with Crippen molar-refractivity contribution in [2.45, 2.75) is 52.4 Å². The number of amides is 1. The average Bonchev–Trinajstić information content (AvgIpc) is 3.01. The Kier molecular flexibility index (Phi) is 6.08. The Hall–Kier alpha value is -1.88. The second-order valence-corrected chi connectivity index (χ2v) is 7.86. The van der Waals surface area contributed by atoms with Gasteiger partial charge in [0.2, 0.25) is 0 Å². The van der Waals surface area contributed by atoms with Gasteiger partial charge in [0.05, 0.1) is 10.7 Å². The standard InChI is InChI=1S/C20H26N2O2S/c1-14-9-10-17(15(2)12-14)24-13-19(23)21-11-5-8-20-22-16-6-3-4-7-18(16)25-20/h9-10,12H,3-8,11,13H2,1-2H3,(H,21,23). The summed E-state index contributed by atoms with van der Waals surface area (Å²) >= 11 is 1.86. The molecule has 0 saturated heterocycles. The van der Waals surface area contributed by atoms with E-state index < -0.39 is 0 Å². The van der Waals surface area contributed by atoms with Gasteiger partial charge < -0.3 is 10.1 Å². The number of hydrogen-bond donors (Lipinski definition) is 1. The van der Waals surface area contributed by atoms with Gasteiger partial charge in [-0.05, 0) is 57.6 Å². The Morgan fingerprint density at radius 2 is 2.12 bits per heavy atom. The summed E-state index contributed by atoms with van der Waals surface area (Å²) in [5.74, 6) is 0.701. The molecule has 0 fully saturated rings. The van der Waals surface area contributed by atoms with E-state index >= 15 is 0 Å². The molecule has 4 nitrogen and oxygen atoms in total. The third kappa shape index (κ3) is 5.05. The number of carbonyl (C=O) groups is 1. The van der Waals surface area contributed by atoms with Crippen molar-refractivity contribution in [3.63, 3.8) is 0 Å². The molecule has 1 heterocycles. The Morgan fingerprint density at radius 3 is 2.92 bits per heavy atom. The molecule has 25 heavy (non-hydrogen) atoms. The van der Waals surface area contributed by atoms with Crippen LogP contribution in [0, 0.1) is 13.8 Å². The van der Waals surface area contributed by atoms with Crippen LogP contribution >= 0.6 is 11.3 Å². The first-order valence-electron chi connectivity index (χ1n) is 9.06. The molecule has 0 saturated carbocycles. The molecule has 1 aliphatic rings. The second kappa shape index (κ2) is 8.48. The lowest BCUT2D eigenvalue weighted by Crippen LogP contribution is -2.30. The van der Waals surface area contributed by atoms with E-state index in [9.17, 15) is 4.79 Å². The number of rotatable bonds is 7. The first-order valence-corrected chi connectivity index (χ1v) is 9.87. The number of carbonyl (C=O) groups excluding carboxylic acids is 1. The Labute approximate surface area is 153 Å². The quantitative estimate of drug-likeness (QED) is 0.767. The van der Waals surface area contributed by atoms with Crippen molar-refractivity contribution in [3.05, 3.63) is 44.9 Å². The zero-order valence-electron chi connectivity index (χ0n) is 15.1. The van der Waals surface area contributed by atoms with E-state index in [2.05, 4.69) is 11.4 Å². The van der Waals surface area contributed by atoms with E-state index in [1.165, 1.54) is 40.4 Å². The van der Waals surface area contributed by atoms with Gasteiger partial charge in [0.1, 0.15) is 5.75 Å². The summed E-state index contributed by atoms with van der Waals surface area (Å²) in [6.45, 7) is 4.77. The van der Waals surface area contributed by atoms with Gasteiger partial charge >= 0.3 is 0 Å². The third-order valence-corrected chi connectivity index (χ3v) is 5.69. The smallest absolute Gasteiger partial charge is 0.257 e. The molecule has 0 aliphatic heterocycles. The second-order valence-electron chi connectivity index (χ2n) is 6.70. The number of benzene rings is 1. The first kappa shape index (κ1) is 17.9. The van der Waals surface area contributed by atoms with Crippen LogP contribution in [0.15, 0.2) is 18.2 Å². The molecular formula is C20H26N2O2S. The number of nitrogens with zero attached hydrogens (tertiary/aromatic N) is 1. The van der Waals surface area contributed by atoms with Crippen LogP contribution in [0.2, 0.25) is 0 Å². The number of aryl methyl sites for hydroxylation is 5. The van der Waals surface area contributed by atoms with E-state index in [-0.39, 0.29) is 12.5 Å². The zero-order valence-corrected chi connectivity index (χ0v) is 15.9. The van der Waals surface area contributed by atoms with Crippen LogP contribution in [0.5, 0.6) is 5.75 Å². The van der Waals surface area contributed by atoms with Gasteiger partial charge in [-0.15, -0.1) is 11.3 Å². The molecule has 1 amide bonds. The normalized spacial score (nSPS) is 13.4. The van der Waals surface area contributed by atoms with Gasteiger partial charge in [0.15, 0.2) is 6.61 Å². The highest BCUT2D eigenvalue weighted by atomic mass is 32.1. The van der Waals surface area contributed by atoms with E-state index in [0.29, 0.717) is 6.54 Å². The highest BCUT2D eigenvalue weighted by Crippen LogP contribution is 2.27. The molecule has 2 aromatic rings. The van der Waals surface area contributed by atoms with Gasteiger partial charge in [0.25, 0.3) is 5.91 Å². The minimum atomic E-state index is -0.0709. The molecule has 134 valence electrons. The minimum absolute atomic E-state index is 0.0649. The number of thiazole rings is 1. The van der Waals surface area contributed by atoms with Crippen molar-refractivity contribution < 1.29 is 9.53 Å². The van der Waals surface area contributed by atoms with Crippen LogP contribution in [0.4, 0.5) is 0 Å². The number of ether oxygens (including phenoxy) is 1. The van der Waals surface area contributed by atoms with Crippen molar-refractivity contribution in [2.24, 2.45) is 0 Å². The molecule has 1 aromatic carbocycles. The molecule has 1 aromatic heterocycles. The topological polar surface area (TPSA) is 51.2 Å². The number of fused-ring (bicyclic) bond motifs is 1. The third-order valence-electron chi connectivity index (χ3n) is 4.47. The minimum Gasteiger partial charge on any atom is -0.484 e. The van der Waals surface area contributed by atoms with Crippen LogP contribution in [-0.2, 0) is 24.1 Å². The maximum Gasteiger partial charge on any atom is 0.257 e. The maximum atomic E-state index is 11.9. The molecule has 1 N–H and O–H groups in total. The average molecular weight is 359 g/mol. The fourth-order valence-electron chi connectivity index (χ4n) is 3.14. The molecule has 0 spiro atoms. The van der Waals surface area contributed by atoms with Gasteiger partial charge in [-0.1, -0.05) is 17.7 Å². The summed E-state index contributed by atoms with van der Waals surface area (Å²) < 4.78 is 5.60. The Morgan fingerprint density at radius 1 is 1.28 bits per heavy atom. The van der Waals surface area contributed by atoms with Crippen LogP contribution in [0.1, 0.15) is 46.0 Å². The maximum absolute atomic E-state index is 11.9. The van der Waals surface area contributed by atoms with E-state index in [4.69, 9.17) is 9.72 Å². The van der Waals surface area contributed by atoms with E-state index in [1.807, 2.05) is 37.3 Å². The summed E-state index contributed by atoms with van der Waals surface area (Å²) in [7, 11) is 0. The van der Waals surface area contributed by atoms with Crippen molar-refractivity contribution in [1.82, 2.24) is 10.3 Å². The van der Waals surface area contributed by atoms with Gasteiger partial charge in [0, 0.05) is 17.8 Å². The van der Waals surface area contributed by atoms with Gasteiger partial charge in [-0.25, -0.2) is 4.98 Å². The summed E-state index contributed by atoms with van der Waals surface area (Å²) in [4.78, 5) is 18.1. The lowest BCUT2D eigenvalue weighted by Gasteiger charge is -2.10. The first-order chi connectivity index (χ1) is 12.1. The zero-order chi connectivity index (χ0) is 17.6. The molecule has 3 rings (SSSR count). The molecule has 1 aliphatic carbocycles. The van der Waals surface area contributed by atoms with Crippen molar-refractivity contribution in [2.75, 3.05) is 13.2 Å². The fraction of sp³-hybridized carbons (Fsp3) is 0.500. The SMILES string of the molecule is Cc1ccc(OCC(=O)NCCCc2nc3c(s2)CCCC3)c(C)c1. The van der Waals surface area contributed by atoms with Crippen LogP contribution in [0.25, 0.3) is 0 Å². The van der Waals surface area contributed by atoms with E-state index in [0.717, 1.165) is 30.6 Å². The van der Waals surface area contributed by atoms with Crippen LogP contribution in [0.3, 0.4) is 0 Å². The molecule has 0 bridgehead atoms. The lowest BCUT2D eigenvalue weighted by molar-refractivity contribution is -0.123. The fourth-order valence-corrected chi connectivity index (χ4v) is 4.33. The molecule has 5 heteroatoms. The van der Waals surface area contributed by atoms with Crippen LogP contribution in [-0.4, -0.2) is 24.0 Å². The van der Waals surface area contributed by atoms with Crippen molar-refractivity contribution in [3.8, 4) is 5.75 Å². The molecule has 0 atom stereocenters. The highest BCUT2D eigenvalue weighted by molar-refractivity contribution is 7.11. The number of hydrogen-bond acceptors (Lipinski definition) is 4. The summed E-state index contributed by atoms with van der Waals surface area (Å²) in [6.07, 6.45) is 6.76. The number of aromatic nitrogens is 1. The highest BCUT2D eigenvalue weighted by Gasteiger charge is 2.14. The summed E-state index contributed by atoms with van der Waals surface area (Å²) in [5, 5.41) is 4.14. The monoisotopic (exact) mass is 358 g/mol.